The summed E-state index contributed by atoms with van der Waals surface area (Å²) in [5, 5.41) is 3.20. The Morgan fingerprint density at radius 1 is 1.20 bits per heavy atom. The van der Waals surface area contributed by atoms with Crippen LogP contribution in [0.2, 0.25) is 0 Å². The van der Waals surface area contributed by atoms with Gasteiger partial charge in [-0.05, 0) is 55.3 Å². The summed E-state index contributed by atoms with van der Waals surface area (Å²) in [5.74, 6) is 1.49. The van der Waals surface area contributed by atoms with Gasteiger partial charge in [0.2, 0.25) is 0 Å². The van der Waals surface area contributed by atoms with Crippen LogP contribution in [0.5, 0.6) is 5.75 Å². The predicted octanol–water partition coefficient (Wildman–Crippen LogP) is 4.14. The number of ether oxygens (including phenoxy) is 1. The fourth-order valence-electron chi connectivity index (χ4n) is 3.17. The van der Waals surface area contributed by atoms with E-state index in [1.807, 2.05) is 13.0 Å². The molecular formula is C17H26FNO. The molecule has 3 heteroatoms. The lowest BCUT2D eigenvalue weighted by atomic mass is 9.82. The molecule has 2 rings (SSSR count). The van der Waals surface area contributed by atoms with Gasteiger partial charge in [-0.15, -0.1) is 0 Å². The lowest BCUT2D eigenvalue weighted by molar-refractivity contribution is 0.0970. The second kappa shape index (κ2) is 7.07. The van der Waals surface area contributed by atoms with Crippen LogP contribution >= 0.6 is 0 Å². The number of benzene rings is 1. The second-order valence-electron chi connectivity index (χ2n) is 6.20. The summed E-state index contributed by atoms with van der Waals surface area (Å²) >= 11 is 0. The van der Waals surface area contributed by atoms with Crippen LogP contribution in [0.1, 0.15) is 45.6 Å². The third-order valence-electron chi connectivity index (χ3n) is 4.00. The van der Waals surface area contributed by atoms with Crippen LogP contribution < -0.4 is 10.1 Å². The summed E-state index contributed by atoms with van der Waals surface area (Å²) in [6.07, 6.45) is 3.47. The van der Waals surface area contributed by atoms with Gasteiger partial charge in [0, 0.05) is 6.54 Å². The van der Waals surface area contributed by atoms with Gasteiger partial charge in [0.05, 0.1) is 6.10 Å². The highest BCUT2D eigenvalue weighted by atomic mass is 19.1. The number of hydrogen-bond donors (Lipinski definition) is 1. The van der Waals surface area contributed by atoms with Gasteiger partial charge in [-0.1, -0.05) is 26.8 Å². The van der Waals surface area contributed by atoms with E-state index >= 15 is 0 Å². The van der Waals surface area contributed by atoms with Crippen LogP contribution in [0.25, 0.3) is 0 Å². The molecule has 1 aromatic rings. The van der Waals surface area contributed by atoms with Gasteiger partial charge in [0.15, 0.2) is 11.6 Å². The monoisotopic (exact) mass is 279 g/mol. The standard InChI is InChI=1S/C17H26FNO/c1-4-19-11-14-5-6-17(16(18)10-14)20-15-8-12(2)7-13(3)9-15/h5-6,10,12-13,15,19H,4,7-9,11H2,1-3H3. The molecule has 0 aromatic heterocycles. The minimum atomic E-state index is -0.244. The summed E-state index contributed by atoms with van der Waals surface area (Å²) in [7, 11) is 0. The van der Waals surface area contributed by atoms with Crippen LogP contribution in [-0.2, 0) is 6.54 Å². The average molecular weight is 279 g/mol. The fraction of sp³-hybridized carbons (Fsp3) is 0.647. The maximum Gasteiger partial charge on any atom is 0.165 e. The quantitative estimate of drug-likeness (QED) is 0.874. The zero-order valence-electron chi connectivity index (χ0n) is 12.8. The van der Waals surface area contributed by atoms with Crippen molar-refractivity contribution in [3.05, 3.63) is 29.6 Å². The number of nitrogens with one attached hydrogen (secondary N) is 1. The van der Waals surface area contributed by atoms with Crippen molar-refractivity contribution < 1.29 is 9.13 Å². The normalized spacial score (nSPS) is 26.5. The Morgan fingerprint density at radius 3 is 2.50 bits per heavy atom. The molecule has 1 aliphatic carbocycles. The maximum absolute atomic E-state index is 14.1. The largest absolute Gasteiger partial charge is 0.487 e. The highest BCUT2D eigenvalue weighted by molar-refractivity contribution is 5.29. The van der Waals surface area contributed by atoms with E-state index in [1.165, 1.54) is 6.42 Å². The van der Waals surface area contributed by atoms with Crippen molar-refractivity contribution >= 4 is 0 Å². The summed E-state index contributed by atoms with van der Waals surface area (Å²) < 4.78 is 20.0. The van der Waals surface area contributed by atoms with Crippen molar-refractivity contribution in [3.63, 3.8) is 0 Å². The molecule has 1 fully saturated rings. The lowest BCUT2D eigenvalue weighted by Gasteiger charge is -2.31. The van der Waals surface area contributed by atoms with Crippen molar-refractivity contribution in [1.82, 2.24) is 5.32 Å². The first-order chi connectivity index (χ1) is 9.58. The van der Waals surface area contributed by atoms with E-state index in [1.54, 1.807) is 12.1 Å². The third-order valence-corrected chi connectivity index (χ3v) is 4.00. The predicted molar refractivity (Wildman–Crippen MR) is 80.4 cm³/mol. The Balaban J connectivity index is 1.98. The molecule has 2 atom stereocenters. The number of hydrogen-bond acceptors (Lipinski definition) is 2. The molecule has 20 heavy (non-hydrogen) atoms. The molecule has 0 spiro atoms. The van der Waals surface area contributed by atoms with Crippen LogP contribution in [0, 0.1) is 17.7 Å². The smallest absolute Gasteiger partial charge is 0.165 e. The highest BCUT2D eigenvalue weighted by Gasteiger charge is 2.25. The van der Waals surface area contributed by atoms with E-state index in [9.17, 15) is 4.39 Å². The van der Waals surface area contributed by atoms with Crippen molar-refractivity contribution in [2.45, 2.75) is 52.7 Å². The van der Waals surface area contributed by atoms with Gasteiger partial charge in [-0.3, -0.25) is 0 Å². The molecule has 1 aromatic carbocycles. The molecule has 2 nitrogen and oxygen atoms in total. The first-order valence-corrected chi connectivity index (χ1v) is 7.74. The number of halogens is 1. The van der Waals surface area contributed by atoms with E-state index in [-0.39, 0.29) is 11.9 Å². The maximum atomic E-state index is 14.1. The summed E-state index contributed by atoms with van der Waals surface area (Å²) in [5.41, 5.74) is 0.960. The molecule has 0 saturated heterocycles. The molecule has 1 aliphatic rings. The van der Waals surface area contributed by atoms with Gasteiger partial charge in [0.1, 0.15) is 0 Å². The van der Waals surface area contributed by atoms with Crippen LogP contribution in [0.4, 0.5) is 4.39 Å². The number of rotatable bonds is 5. The Kier molecular flexibility index (Phi) is 5.41. The molecule has 112 valence electrons. The van der Waals surface area contributed by atoms with E-state index in [4.69, 9.17) is 4.74 Å². The SMILES string of the molecule is CCNCc1ccc(OC2CC(C)CC(C)C2)c(F)c1. The molecule has 0 amide bonds. The van der Waals surface area contributed by atoms with Crippen molar-refractivity contribution in [1.29, 1.82) is 0 Å². The molecule has 0 aliphatic heterocycles. The molecule has 0 radical (unpaired) electrons. The van der Waals surface area contributed by atoms with Crippen LogP contribution in [0.15, 0.2) is 18.2 Å². The molecule has 0 bridgehead atoms. The third kappa shape index (κ3) is 4.20. The van der Waals surface area contributed by atoms with E-state index < -0.39 is 0 Å². The molecule has 1 N–H and O–H groups in total. The van der Waals surface area contributed by atoms with Crippen molar-refractivity contribution in [2.75, 3.05) is 6.54 Å². The summed E-state index contributed by atoms with van der Waals surface area (Å²) in [6.45, 7) is 8.13. The van der Waals surface area contributed by atoms with E-state index in [0.29, 0.717) is 24.1 Å². The van der Waals surface area contributed by atoms with Crippen LogP contribution in [-0.4, -0.2) is 12.6 Å². The van der Waals surface area contributed by atoms with Crippen molar-refractivity contribution in [2.24, 2.45) is 11.8 Å². The van der Waals surface area contributed by atoms with Crippen LogP contribution in [0.3, 0.4) is 0 Å². The molecule has 2 unspecified atom stereocenters. The van der Waals surface area contributed by atoms with Gasteiger partial charge >= 0.3 is 0 Å². The topological polar surface area (TPSA) is 21.3 Å². The fourth-order valence-corrected chi connectivity index (χ4v) is 3.17. The summed E-state index contributed by atoms with van der Waals surface area (Å²) in [6, 6.07) is 5.29. The van der Waals surface area contributed by atoms with Gasteiger partial charge in [-0.2, -0.15) is 0 Å². The summed E-state index contributed by atoms with van der Waals surface area (Å²) in [4.78, 5) is 0. The zero-order valence-corrected chi connectivity index (χ0v) is 12.8. The zero-order chi connectivity index (χ0) is 14.5. The molecule has 0 heterocycles. The van der Waals surface area contributed by atoms with E-state index in [2.05, 4.69) is 19.2 Å². The second-order valence-corrected chi connectivity index (χ2v) is 6.20. The Bertz CT molecular complexity index is 425. The van der Waals surface area contributed by atoms with Gasteiger partial charge < -0.3 is 10.1 Å². The average Bonchev–Trinajstić information content (AvgIpc) is 2.38. The minimum absolute atomic E-state index is 0.155. The Hall–Kier alpha value is -1.09. The minimum Gasteiger partial charge on any atom is -0.487 e. The lowest BCUT2D eigenvalue weighted by Crippen LogP contribution is -2.28. The van der Waals surface area contributed by atoms with Crippen molar-refractivity contribution in [3.8, 4) is 5.75 Å². The first-order valence-electron chi connectivity index (χ1n) is 7.74. The molecular weight excluding hydrogens is 253 g/mol. The Morgan fingerprint density at radius 2 is 1.90 bits per heavy atom. The first kappa shape index (κ1) is 15.3. The Labute approximate surface area is 121 Å². The van der Waals surface area contributed by atoms with Gasteiger partial charge in [0.25, 0.3) is 0 Å². The van der Waals surface area contributed by atoms with E-state index in [0.717, 1.165) is 24.9 Å². The highest BCUT2D eigenvalue weighted by Crippen LogP contribution is 2.32. The molecule has 1 saturated carbocycles. The van der Waals surface area contributed by atoms with Gasteiger partial charge in [-0.25, -0.2) is 4.39 Å².